The molecule has 1 aromatic rings. The predicted octanol–water partition coefficient (Wildman–Crippen LogP) is 2.12. The molecule has 2 amide bonds. The van der Waals surface area contributed by atoms with Gasteiger partial charge in [-0.05, 0) is 30.4 Å². The van der Waals surface area contributed by atoms with Gasteiger partial charge >= 0.3 is 6.03 Å². The Morgan fingerprint density at radius 1 is 1.17 bits per heavy atom. The summed E-state index contributed by atoms with van der Waals surface area (Å²) in [5.74, 6) is 0. The Kier molecular flexibility index (Phi) is 5.11. The molecule has 3 N–H and O–H groups in total. The predicted molar refractivity (Wildman–Crippen MR) is 93.1 cm³/mol. The topological polar surface area (TPSA) is 70.6 Å². The third kappa shape index (κ3) is 3.90. The summed E-state index contributed by atoms with van der Waals surface area (Å²) in [7, 11) is 0. The SMILES string of the molecule is CC1(CNC(=O)NCC2(O)CCOCC2)CCCc2ccccc21. The van der Waals surface area contributed by atoms with E-state index in [-0.39, 0.29) is 18.0 Å². The van der Waals surface area contributed by atoms with Gasteiger partial charge in [-0.2, -0.15) is 0 Å². The normalized spacial score (nSPS) is 25.6. The van der Waals surface area contributed by atoms with Crippen molar-refractivity contribution in [3.05, 3.63) is 35.4 Å². The minimum atomic E-state index is -0.836. The number of hydrogen-bond acceptors (Lipinski definition) is 3. The number of aliphatic hydroxyl groups is 1. The number of nitrogens with one attached hydrogen (secondary N) is 2. The van der Waals surface area contributed by atoms with E-state index in [1.54, 1.807) is 0 Å². The molecule has 1 aromatic carbocycles. The second-order valence-electron chi connectivity index (χ2n) is 7.44. The van der Waals surface area contributed by atoms with Gasteiger partial charge in [0.25, 0.3) is 0 Å². The zero-order chi connectivity index (χ0) is 17.0. The average Bonchev–Trinajstić information content (AvgIpc) is 2.60. The first-order valence-corrected chi connectivity index (χ1v) is 8.91. The first-order chi connectivity index (χ1) is 11.5. The van der Waals surface area contributed by atoms with Gasteiger partial charge in [-0.3, -0.25) is 0 Å². The van der Waals surface area contributed by atoms with E-state index in [4.69, 9.17) is 4.74 Å². The van der Waals surface area contributed by atoms with E-state index in [0.717, 1.165) is 19.3 Å². The molecule has 1 unspecified atom stereocenters. The number of ether oxygens (including phenoxy) is 1. The molecule has 5 heteroatoms. The number of hydrogen-bond donors (Lipinski definition) is 3. The summed E-state index contributed by atoms with van der Waals surface area (Å²) in [5, 5.41) is 16.2. The van der Waals surface area contributed by atoms with E-state index in [0.29, 0.717) is 32.6 Å². The number of fused-ring (bicyclic) bond motifs is 1. The van der Waals surface area contributed by atoms with E-state index in [2.05, 4.69) is 41.8 Å². The quantitative estimate of drug-likeness (QED) is 0.791. The van der Waals surface area contributed by atoms with Crippen molar-refractivity contribution >= 4 is 6.03 Å². The molecule has 1 heterocycles. The smallest absolute Gasteiger partial charge is 0.314 e. The first-order valence-electron chi connectivity index (χ1n) is 8.91. The standard InChI is InChI=1S/C19H28N2O3/c1-18(8-4-6-15-5-2-3-7-16(15)18)13-20-17(22)21-14-19(23)9-11-24-12-10-19/h2-3,5,7,23H,4,6,8-14H2,1H3,(H2,20,21,22). The fourth-order valence-corrected chi connectivity index (χ4v) is 3.83. The van der Waals surface area contributed by atoms with E-state index in [9.17, 15) is 9.90 Å². The van der Waals surface area contributed by atoms with Crippen LogP contribution in [0.25, 0.3) is 0 Å². The molecule has 0 radical (unpaired) electrons. The molecule has 0 spiro atoms. The van der Waals surface area contributed by atoms with Crippen LogP contribution in [0.2, 0.25) is 0 Å². The summed E-state index contributed by atoms with van der Waals surface area (Å²) in [6, 6.07) is 8.31. The number of carbonyl (C=O) groups is 1. The Morgan fingerprint density at radius 3 is 2.67 bits per heavy atom. The zero-order valence-electron chi connectivity index (χ0n) is 14.4. The average molecular weight is 332 g/mol. The largest absolute Gasteiger partial charge is 0.388 e. The summed E-state index contributed by atoms with van der Waals surface area (Å²) in [4.78, 5) is 12.2. The van der Waals surface area contributed by atoms with Gasteiger partial charge < -0.3 is 20.5 Å². The van der Waals surface area contributed by atoms with Crippen molar-refractivity contribution in [2.24, 2.45) is 0 Å². The molecular formula is C19H28N2O3. The van der Waals surface area contributed by atoms with Crippen LogP contribution in [0.15, 0.2) is 24.3 Å². The van der Waals surface area contributed by atoms with Crippen molar-refractivity contribution in [3.8, 4) is 0 Å². The van der Waals surface area contributed by atoms with Crippen molar-refractivity contribution in [3.63, 3.8) is 0 Å². The minimum absolute atomic E-state index is 0.0260. The number of rotatable bonds is 4. The number of carbonyl (C=O) groups excluding carboxylic acids is 1. The van der Waals surface area contributed by atoms with Gasteiger partial charge in [0.05, 0.1) is 5.60 Å². The molecule has 5 nitrogen and oxygen atoms in total. The van der Waals surface area contributed by atoms with Crippen molar-refractivity contribution in [1.29, 1.82) is 0 Å². The maximum Gasteiger partial charge on any atom is 0.314 e. The molecule has 1 saturated heterocycles. The molecule has 2 aliphatic rings. The molecule has 1 atom stereocenters. The van der Waals surface area contributed by atoms with Crippen LogP contribution in [0.5, 0.6) is 0 Å². The zero-order valence-corrected chi connectivity index (χ0v) is 14.4. The molecule has 132 valence electrons. The summed E-state index contributed by atoms with van der Waals surface area (Å²) in [6.07, 6.45) is 4.48. The third-order valence-corrected chi connectivity index (χ3v) is 5.48. The Hall–Kier alpha value is -1.59. The van der Waals surface area contributed by atoms with Crippen LogP contribution in [-0.2, 0) is 16.6 Å². The number of aryl methyl sites for hydroxylation is 1. The summed E-state index contributed by atoms with van der Waals surface area (Å²) in [5.41, 5.74) is 1.88. The molecule has 1 aliphatic heterocycles. The van der Waals surface area contributed by atoms with Gasteiger partial charge in [0.2, 0.25) is 0 Å². The van der Waals surface area contributed by atoms with Crippen molar-refractivity contribution < 1.29 is 14.6 Å². The molecular weight excluding hydrogens is 304 g/mol. The van der Waals surface area contributed by atoms with Gasteiger partial charge in [0.1, 0.15) is 0 Å². The molecule has 0 bridgehead atoms. The lowest BCUT2D eigenvalue weighted by molar-refractivity contribution is -0.0600. The Labute approximate surface area is 143 Å². The highest BCUT2D eigenvalue weighted by Crippen LogP contribution is 2.36. The van der Waals surface area contributed by atoms with Crippen molar-refractivity contribution in [2.45, 2.75) is 50.0 Å². The third-order valence-electron chi connectivity index (χ3n) is 5.48. The molecule has 1 aliphatic carbocycles. The Balaban J connectivity index is 1.53. The summed E-state index contributed by atoms with van der Waals surface area (Å²) >= 11 is 0. The van der Waals surface area contributed by atoms with Crippen LogP contribution in [-0.4, -0.2) is 43.0 Å². The maximum atomic E-state index is 12.2. The van der Waals surface area contributed by atoms with E-state index < -0.39 is 5.60 Å². The van der Waals surface area contributed by atoms with Crippen LogP contribution in [0.3, 0.4) is 0 Å². The molecule has 24 heavy (non-hydrogen) atoms. The lowest BCUT2D eigenvalue weighted by Crippen LogP contribution is -2.51. The number of benzene rings is 1. The highest BCUT2D eigenvalue weighted by Gasteiger charge is 2.33. The van der Waals surface area contributed by atoms with Gasteiger partial charge in [0, 0.05) is 44.6 Å². The summed E-state index contributed by atoms with van der Waals surface area (Å²) < 4.78 is 5.26. The monoisotopic (exact) mass is 332 g/mol. The molecule has 0 aromatic heterocycles. The van der Waals surface area contributed by atoms with Gasteiger partial charge in [-0.1, -0.05) is 31.2 Å². The lowest BCUT2D eigenvalue weighted by Gasteiger charge is -2.36. The molecule has 1 fully saturated rings. The van der Waals surface area contributed by atoms with Gasteiger partial charge in [0.15, 0.2) is 0 Å². The highest BCUT2D eigenvalue weighted by molar-refractivity contribution is 5.74. The minimum Gasteiger partial charge on any atom is -0.388 e. The lowest BCUT2D eigenvalue weighted by atomic mass is 9.71. The molecule has 3 rings (SSSR count). The summed E-state index contributed by atoms with van der Waals surface area (Å²) in [6.45, 7) is 4.20. The second-order valence-corrected chi connectivity index (χ2v) is 7.44. The second kappa shape index (κ2) is 7.11. The van der Waals surface area contributed by atoms with Gasteiger partial charge in [-0.15, -0.1) is 0 Å². The Bertz CT molecular complexity index is 584. The van der Waals surface area contributed by atoms with Crippen LogP contribution < -0.4 is 10.6 Å². The van der Waals surface area contributed by atoms with Crippen LogP contribution in [0.4, 0.5) is 4.79 Å². The van der Waals surface area contributed by atoms with E-state index in [1.165, 1.54) is 11.1 Å². The van der Waals surface area contributed by atoms with Crippen LogP contribution >= 0.6 is 0 Å². The van der Waals surface area contributed by atoms with Crippen LogP contribution in [0.1, 0.15) is 43.7 Å². The fraction of sp³-hybridized carbons (Fsp3) is 0.632. The van der Waals surface area contributed by atoms with Gasteiger partial charge in [-0.25, -0.2) is 4.79 Å². The highest BCUT2D eigenvalue weighted by atomic mass is 16.5. The van der Waals surface area contributed by atoms with Crippen molar-refractivity contribution in [1.82, 2.24) is 10.6 Å². The van der Waals surface area contributed by atoms with Crippen LogP contribution in [0, 0.1) is 0 Å². The number of urea groups is 1. The van der Waals surface area contributed by atoms with E-state index in [1.807, 2.05) is 0 Å². The fourth-order valence-electron chi connectivity index (χ4n) is 3.83. The molecule has 0 saturated carbocycles. The Morgan fingerprint density at radius 2 is 1.88 bits per heavy atom. The first kappa shape index (κ1) is 17.2. The van der Waals surface area contributed by atoms with Crippen molar-refractivity contribution in [2.75, 3.05) is 26.3 Å². The van der Waals surface area contributed by atoms with E-state index >= 15 is 0 Å². The number of amides is 2. The maximum absolute atomic E-state index is 12.2.